The van der Waals surface area contributed by atoms with Gasteiger partial charge in [-0.3, -0.25) is 10.1 Å². The number of nitrogens with one attached hydrogen (secondary N) is 1. The standard InChI is InChI=1S/C8H5N3O4/c12-8(13)7-9-4-2-1-3-5(11(14)15)6(4)10-7/h1-3H,(H,9,10)(H,12,13). The zero-order valence-corrected chi connectivity index (χ0v) is 7.30. The largest absolute Gasteiger partial charge is 0.475 e. The van der Waals surface area contributed by atoms with Gasteiger partial charge >= 0.3 is 5.97 Å². The van der Waals surface area contributed by atoms with Crippen LogP contribution < -0.4 is 0 Å². The number of non-ortho nitro benzene ring substituents is 1. The second-order valence-corrected chi connectivity index (χ2v) is 2.82. The number of carboxylic acid groups (broad SMARTS) is 1. The zero-order valence-electron chi connectivity index (χ0n) is 7.30. The van der Waals surface area contributed by atoms with E-state index in [0.29, 0.717) is 5.52 Å². The molecule has 2 N–H and O–H groups in total. The molecule has 0 aliphatic carbocycles. The second-order valence-electron chi connectivity index (χ2n) is 2.82. The second kappa shape index (κ2) is 3.05. The third-order valence-corrected chi connectivity index (χ3v) is 1.89. The Morgan fingerprint density at radius 3 is 2.87 bits per heavy atom. The molecule has 7 nitrogen and oxygen atoms in total. The van der Waals surface area contributed by atoms with E-state index in [-0.39, 0.29) is 17.0 Å². The Labute approximate surface area is 82.5 Å². The van der Waals surface area contributed by atoms with Crippen LogP contribution >= 0.6 is 0 Å². The molecule has 0 atom stereocenters. The van der Waals surface area contributed by atoms with Gasteiger partial charge < -0.3 is 10.1 Å². The lowest BCUT2D eigenvalue weighted by molar-refractivity contribution is -0.383. The molecule has 0 aliphatic heterocycles. The van der Waals surface area contributed by atoms with Crippen molar-refractivity contribution in [1.29, 1.82) is 0 Å². The van der Waals surface area contributed by atoms with Crippen molar-refractivity contribution in [3.63, 3.8) is 0 Å². The van der Waals surface area contributed by atoms with Gasteiger partial charge in [-0.2, -0.15) is 0 Å². The summed E-state index contributed by atoms with van der Waals surface area (Å²) in [5.41, 5.74) is 0.178. The Bertz CT molecular complexity index is 560. The van der Waals surface area contributed by atoms with E-state index in [4.69, 9.17) is 5.11 Å². The lowest BCUT2D eigenvalue weighted by Gasteiger charge is -1.90. The number of carboxylic acids is 1. The SMILES string of the molecule is O=C(O)c1nc2c([N+](=O)[O-])cccc2[nH]1. The zero-order chi connectivity index (χ0) is 11.0. The highest BCUT2D eigenvalue weighted by Crippen LogP contribution is 2.22. The van der Waals surface area contributed by atoms with Gasteiger partial charge in [-0.25, -0.2) is 9.78 Å². The molecule has 76 valence electrons. The van der Waals surface area contributed by atoms with Crippen LogP contribution in [-0.2, 0) is 0 Å². The van der Waals surface area contributed by atoms with E-state index in [1.807, 2.05) is 0 Å². The molecule has 1 aromatic heterocycles. The third-order valence-electron chi connectivity index (χ3n) is 1.89. The maximum Gasteiger partial charge on any atom is 0.371 e. The van der Waals surface area contributed by atoms with Crippen LogP contribution in [-0.4, -0.2) is 26.0 Å². The topological polar surface area (TPSA) is 109 Å². The molecule has 0 saturated carbocycles. The normalized spacial score (nSPS) is 10.4. The summed E-state index contributed by atoms with van der Waals surface area (Å²) in [5, 5.41) is 19.3. The molecule has 0 bridgehead atoms. The number of nitro groups is 1. The van der Waals surface area contributed by atoms with Crippen LogP contribution in [0.3, 0.4) is 0 Å². The lowest BCUT2D eigenvalue weighted by Crippen LogP contribution is -1.98. The van der Waals surface area contributed by atoms with E-state index in [1.54, 1.807) is 0 Å². The molecular weight excluding hydrogens is 202 g/mol. The Morgan fingerprint density at radius 1 is 1.53 bits per heavy atom. The smallest absolute Gasteiger partial charge is 0.371 e. The third kappa shape index (κ3) is 1.39. The average Bonchev–Trinajstić information content (AvgIpc) is 2.60. The summed E-state index contributed by atoms with van der Waals surface area (Å²) in [7, 11) is 0. The number of H-pyrrole nitrogens is 1. The summed E-state index contributed by atoms with van der Waals surface area (Å²) >= 11 is 0. The van der Waals surface area contributed by atoms with E-state index in [9.17, 15) is 14.9 Å². The quantitative estimate of drug-likeness (QED) is 0.567. The van der Waals surface area contributed by atoms with Crippen molar-refractivity contribution in [3.8, 4) is 0 Å². The first-order valence-electron chi connectivity index (χ1n) is 3.96. The number of carbonyl (C=O) groups is 1. The van der Waals surface area contributed by atoms with Crippen molar-refractivity contribution in [1.82, 2.24) is 9.97 Å². The van der Waals surface area contributed by atoms with Gasteiger partial charge in [0, 0.05) is 6.07 Å². The Balaban J connectivity index is 2.75. The number of para-hydroxylation sites is 1. The summed E-state index contributed by atoms with van der Waals surface area (Å²) in [6.07, 6.45) is 0. The maximum absolute atomic E-state index is 10.6. The molecule has 0 radical (unpaired) electrons. The fourth-order valence-electron chi connectivity index (χ4n) is 1.27. The number of aromatic amines is 1. The summed E-state index contributed by atoms with van der Waals surface area (Å²) in [6, 6.07) is 4.26. The molecule has 1 heterocycles. The molecule has 0 unspecified atom stereocenters. The van der Waals surface area contributed by atoms with Crippen molar-refractivity contribution in [2.75, 3.05) is 0 Å². The summed E-state index contributed by atoms with van der Waals surface area (Å²) in [5.74, 6) is -1.56. The van der Waals surface area contributed by atoms with Gasteiger partial charge in [-0.15, -0.1) is 0 Å². The van der Waals surface area contributed by atoms with E-state index in [0.717, 1.165) is 0 Å². The van der Waals surface area contributed by atoms with Gasteiger partial charge in [-0.1, -0.05) is 6.07 Å². The number of nitrogens with zero attached hydrogens (tertiary/aromatic N) is 2. The van der Waals surface area contributed by atoms with E-state index in [2.05, 4.69) is 9.97 Å². The molecule has 0 aliphatic rings. The Morgan fingerprint density at radius 2 is 2.27 bits per heavy atom. The first-order valence-corrected chi connectivity index (χ1v) is 3.96. The number of rotatable bonds is 2. The van der Waals surface area contributed by atoms with Crippen molar-refractivity contribution in [2.24, 2.45) is 0 Å². The minimum absolute atomic E-state index is 0.0555. The first kappa shape index (κ1) is 9.13. The van der Waals surface area contributed by atoms with Crippen LogP contribution in [0.1, 0.15) is 10.6 Å². The molecule has 15 heavy (non-hydrogen) atoms. The van der Waals surface area contributed by atoms with Crippen LogP contribution in [0.15, 0.2) is 18.2 Å². The monoisotopic (exact) mass is 207 g/mol. The number of aromatic carboxylic acids is 1. The van der Waals surface area contributed by atoms with Crippen molar-refractivity contribution < 1.29 is 14.8 Å². The number of fused-ring (bicyclic) bond motifs is 1. The fraction of sp³-hybridized carbons (Fsp3) is 0. The molecule has 7 heteroatoms. The summed E-state index contributed by atoms with van der Waals surface area (Å²) in [4.78, 5) is 26.7. The van der Waals surface area contributed by atoms with Crippen LogP contribution in [0.5, 0.6) is 0 Å². The Kier molecular flexibility index (Phi) is 1.86. The van der Waals surface area contributed by atoms with Gasteiger partial charge in [0.2, 0.25) is 5.82 Å². The van der Waals surface area contributed by atoms with Crippen molar-refractivity contribution in [2.45, 2.75) is 0 Å². The summed E-state index contributed by atoms with van der Waals surface area (Å²) < 4.78 is 0. The molecule has 2 rings (SSSR count). The van der Waals surface area contributed by atoms with Crippen molar-refractivity contribution in [3.05, 3.63) is 34.1 Å². The van der Waals surface area contributed by atoms with Crippen LogP contribution in [0, 0.1) is 10.1 Å². The van der Waals surface area contributed by atoms with E-state index in [1.165, 1.54) is 18.2 Å². The summed E-state index contributed by atoms with van der Waals surface area (Å²) in [6.45, 7) is 0. The Hall–Kier alpha value is -2.44. The van der Waals surface area contributed by atoms with Crippen LogP contribution in [0.2, 0.25) is 0 Å². The van der Waals surface area contributed by atoms with Crippen LogP contribution in [0.25, 0.3) is 11.0 Å². The predicted molar refractivity (Wildman–Crippen MR) is 49.7 cm³/mol. The van der Waals surface area contributed by atoms with Gasteiger partial charge in [-0.05, 0) is 6.07 Å². The highest BCUT2D eigenvalue weighted by Gasteiger charge is 2.17. The van der Waals surface area contributed by atoms with E-state index >= 15 is 0 Å². The molecule has 0 amide bonds. The molecular formula is C8H5N3O4. The average molecular weight is 207 g/mol. The van der Waals surface area contributed by atoms with Crippen molar-refractivity contribution >= 4 is 22.7 Å². The fourth-order valence-corrected chi connectivity index (χ4v) is 1.27. The maximum atomic E-state index is 10.6. The minimum atomic E-state index is -1.25. The first-order chi connectivity index (χ1) is 7.09. The minimum Gasteiger partial charge on any atom is -0.475 e. The number of nitro benzene ring substituents is 1. The molecule has 0 spiro atoms. The molecule has 0 saturated heterocycles. The van der Waals surface area contributed by atoms with Gasteiger partial charge in [0.1, 0.15) is 0 Å². The number of benzene rings is 1. The highest BCUT2D eigenvalue weighted by molar-refractivity contribution is 5.92. The van der Waals surface area contributed by atoms with Gasteiger partial charge in [0.25, 0.3) is 5.69 Å². The number of hydrogen-bond donors (Lipinski definition) is 2. The highest BCUT2D eigenvalue weighted by atomic mass is 16.6. The van der Waals surface area contributed by atoms with Gasteiger partial charge in [0.05, 0.1) is 10.4 Å². The molecule has 2 aromatic rings. The van der Waals surface area contributed by atoms with E-state index < -0.39 is 10.9 Å². The predicted octanol–water partition coefficient (Wildman–Crippen LogP) is 1.17. The number of hydrogen-bond acceptors (Lipinski definition) is 4. The number of aromatic nitrogens is 2. The van der Waals surface area contributed by atoms with Crippen LogP contribution in [0.4, 0.5) is 5.69 Å². The lowest BCUT2D eigenvalue weighted by atomic mass is 10.3. The molecule has 0 fully saturated rings. The van der Waals surface area contributed by atoms with Gasteiger partial charge in [0.15, 0.2) is 5.52 Å². The molecule has 1 aromatic carbocycles. The number of imidazole rings is 1.